The molecule has 1 saturated carbocycles. The molecule has 1 amide bonds. The lowest BCUT2D eigenvalue weighted by molar-refractivity contribution is -0.133. The van der Waals surface area contributed by atoms with E-state index in [1.54, 1.807) is 11.3 Å². The van der Waals surface area contributed by atoms with E-state index in [1.807, 2.05) is 31.1 Å². The minimum Gasteiger partial charge on any atom is -0.342 e. The number of likely N-dealkylation sites (N-methyl/N-ethyl adjacent to an activating group) is 2. The highest BCUT2D eigenvalue weighted by Gasteiger charge is 2.25. The Labute approximate surface area is 136 Å². The van der Waals surface area contributed by atoms with Crippen LogP contribution in [0.25, 0.3) is 0 Å². The number of carbonyl (C=O) groups excluding carboxylic acids is 1. The fraction of sp³-hybridized carbons (Fsp3) is 0.688. The average Bonchev–Trinajstić information content (AvgIpc) is 2.83. The summed E-state index contributed by atoms with van der Waals surface area (Å²) < 4.78 is 0.804. The SMILES string of the molecule is CC1CCC(N(C)C(=O)CN(C)Cc2ccc(Cl)s2)CC1. The monoisotopic (exact) mass is 328 g/mol. The summed E-state index contributed by atoms with van der Waals surface area (Å²) in [4.78, 5) is 17.6. The highest BCUT2D eigenvalue weighted by Crippen LogP contribution is 2.26. The second-order valence-corrected chi connectivity index (χ2v) is 8.10. The van der Waals surface area contributed by atoms with E-state index in [0.717, 1.165) is 29.6 Å². The van der Waals surface area contributed by atoms with Crippen molar-refractivity contribution in [2.24, 2.45) is 5.92 Å². The van der Waals surface area contributed by atoms with E-state index in [-0.39, 0.29) is 5.91 Å². The van der Waals surface area contributed by atoms with Crippen LogP contribution < -0.4 is 0 Å². The minimum absolute atomic E-state index is 0.222. The molecule has 1 aromatic rings. The number of halogens is 1. The van der Waals surface area contributed by atoms with Gasteiger partial charge in [-0.15, -0.1) is 11.3 Å². The first kappa shape index (κ1) is 16.8. The molecule has 0 aromatic carbocycles. The van der Waals surface area contributed by atoms with Crippen molar-refractivity contribution in [1.29, 1.82) is 0 Å². The molecule has 0 bridgehead atoms. The van der Waals surface area contributed by atoms with Crippen LogP contribution in [0.15, 0.2) is 12.1 Å². The van der Waals surface area contributed by atoms with E-state index < -0.39 is 0 Å². The molecule has 0 radical (unpaired) electrons. The molecule has 3 nitrogen and oxygen atoms in total. The van der Waals surface area contributed by atoms with Gasteiger partial charge in [-0.2, -0.15) is 0 Å². The number of hydrogen-bond acceptors (Lipinski definition) is 3. The van der Waals surface area contributed by atoms with Gasteiger partial charge >= 0.3 is 0 Å². The van der Waals surface area contributed by atoms with Gasteiger partial charge in [0.05, 0.1) is 10.9 Å². The molecule has 5 heteroatoms. The summed E-state index contributed by atoms with van der Waals surface area (Å²) in [5, 5.41) is 0. The fourth-order valence-electron chi connectivity index (χ4n) is 2.93. The number of thiophene rings is 1. The van der Waals surface area contributed by atoms with Crippen LogP contribution >= 0.6 is 22.9 Å². The largest absolute Gasteiger partial charge is 0.342 e. The second kappa shape index (κ2) is 7.61. The summed E-state index contributed by atoms with van der Waals surface area (Å²) in [6.45, 7) is 3.55. The molecule has 1 aromatic heterocycles. The molecule has 1 fully saturated rings. The summed E-state index contributed by atoms with van der Waals surface area (Å²) in [5.41, 5.74) is 0. The van der Waals surface area contributed by atoms with Gasteiger partial charge in [-0.3, -0.25) is 9.69 Å². The van der Waals surface area contributed by atoms with Gasteiger partial charge in [0.25, 0.3) is 0 Å². The normalized spacial score (nSPS) is 22.5. The van der Waals surface area contributed by atoms with Crippen molar-refractivity contribution in [1.82, 2.24) is 9.80 Å². The summed E-state index contributed by atoms with van der Waals surface area (Å²) in [6, 6.07) is 4.37. The first-order valence-electron chi connectivity index (χ1n) is 7.64. The molecule has 21 heavy (non-hydrogen) atoms. The molecule has 0 N–H and O–H groups in total. The lowest BCUT2D eigenvalue weighted by Crippen LogP contribution is -2.43. The number of hydrogen-bond donors (Lipinski definition) is 0. The van der Waals surface area contributed by atoms with Crippen molar-refractivity contribution in [3.05, 3.63) is 21.3 Å². The second-order valence-electron chi connectivity index (χ2n) is 6.30. The molecular formula is C16H25ClN2OS. The third-order valence-electron chi connectivity index (χ3n) is 4.39. The summed E-state index contributed by atoms with van der Waals surface area (Å²) in [5.74, 6) is 1.04. The minimum atomic E-state index is 0.222. The Balaban J connectivity index is 1.79. The maximum Gasteiger partial charge on any atom is 0.236 e. The van der Waals surface area contributed by atoms with Crippen molar-refractivity contribution in [3.8, 4) is 0 Å². The number of carbonyl (C=O) groups is 1. The van der Waals surface area contributed by atoms with Gasteiger partial charge in [0, 0.05) is 24.5 Å². The third-order valence-corrected chi connectivity index (χ3v) is 5.60. The maximum atomic E-state index is 12.4. The Morgan fingerprint density at radius 3 is 2.52 bits per heavy atom. The molecule has 1 aliphatic rings. The van der Waals surface area contributed by atoms with Crippen LogP contribution in [0.2, 0.25) is 4.34 Å². The molecule has 0 unspecified atom stereocenters. The van der Waals surface area contributed by atoms with Crippen molar-refractivity contribution < 1.29 is 4.79 Å². The highest BCUT2D eigenvalue weighted by atomic mass is 35.5. The lowest BCUT2D eigenvalue weighted by Gasteiger charge is -2.34. The summed E-state index contributed by atoms with van der Waals surface area (Å²) in [6.07, 6.45) is 4.78. The molecular weight excluding hydrogens is 304 g/mol. The molecule has 1 heterocycles. The van der Waals surface area contributed by atoms with Crippen LogP contribution in [0.1, 0.15) is 37.5 Å². The van der Waals surface area contributed by atoms with E-state index in [1.165, 1.54) is 17.7 Å². The molecule has 0 aliphatic heterocycles. The van der Waals surface area contributed by atoms with Crippen LogP contribution in [0.3, 0.4) is 0 Å². The molecule has 1 aliphatic carbocycles. The molecule has 0 atom stereocenters. The topological polar surface area (TPSA) is 23.6 Å². The molecule has 118 valence electrons. The van der Waals surface area contributed by atoms with Crippen molar-refractivity contribution in [2.75, 3.05) is 20.6 Å². The van der Waals surface area contributed by atoms with Crippen LogP contribution in [-0.2, 0) is 11.3 Å². The first-order valence-corrected chi connectivity index (χ1v) is 8.83. The molecule has 2 rings (SSSR count). The molecule has 0 spiro atoms. The van der Waals surface area contributed by atoms with Gasteiger partial charge in [-0.1, -0.05) is 18.5 Å². The smallest absolute Gasteiger partial charge is 0.236 e. The predicted molar refractivity (Wildman–Crippen MR) is 89.9 cm³/mol. The van der Waals surface area contributed by atoms with Gasteiger partial charge in [0.15, 0.2) is 0 Å². The van der Waals surface area contributed by atoms with E-state index in [4.69, 9.17) is 11.6 Å². The number of nitrogens with zero attached hydrogens (tertiary/aromatic N) is 2. The molecule has 0 saturated heterocycles. The summed E-state index contributed by atoms with van der Waals surface area (Å²) in [7, 11) is 3.95. The summed E-state index contributed by atoms with van der Waals surface area (Å²) >= 11 is 7.52. The van der Waals surface area contributed by atoms with Gasteiger partial charge in [0.1, 0.15) is 0 Å². The maximum absolute atomic E-state index is 12.4. The third kappa shape index (κ3) is 4.97. The highest BCUT2D eigenvalue weighted by molar-refractivity contribution is 7.16. The average molecular weight is 329 g/mol. The first-order chi connectivity index (χ1) is 9.95. The van der Waals surface area contributed by atoms with Gasteiger partial charge in [-0.05, 0) is 50.8 Å². The standard InChI is InChI=1S/C16H25ClN2OS/c1-12-4-6-13(7-5-12)19(3)16(20)11-18(2)10-14-8-9-15(17)21-14/h8-9,12-13H,4-7,10-11H2,1-3H3. The van der Waals surface area contributed by atoms with Gasteiger partial charge in [-0.25, -0.2) is 0 Å². The van der Waals surface area contributed by atoms with Crippen molar-refractivity contribution in [2.45, 2.75) is 45.2 Å². The van der Waals surface area contributed by atoms with Gasteiger partial charge < -0.3 is 4.90 Å². The lowest BCUT2D eigenvalue weighted by atomic mass is 9.87. The fourth-order valence-corrected chi connectivity index (χ4v) is 4.10. The zero-order chi connectivity index (χ0) is 15.4. The van der Waals surface area contributed by atoms with Crippen molar-refractivity contribution >= 4 is 28.8 Å². The Morgan fingerprint density at radius 2 is 1.95 bits per heavy atom. The van der Waals surface area contributed by atoms with Crippen LogP contribution in [-0.4, -0.2) is 42.4 Å². The van der Waals surface area contributed by atoms with Crippen LogP contribution in [0.5, 0.6) is 0 Å². The Morgan fingerprint density at radius 1 is 1.29 bits per heavy atom. The Bertz CT molecular complexity index is 469. The van der Waals surface area contributed by atoms with Crippen LogP contribution in [0, 0.1) is 5.92 Å². The number of rotatable bonds is 5. The zero-order valence-corrected chi connectivity index (χ0v) is 14.7. The Hall–Kier alpha value is -0.580. The van der Waals surface area contributed by atoms with E-state index >= 15 is 0 Å². The number of amides is 1. The quantitative estimate of drug-likeness (QED) is 0.819. The zero-order valence-electron chi connectivity index (χ0n) is 13.1. The Kier molecular flexibility index (Phi) is 6.08. The van der Waals surface area contributed by atoms with Crippen LogP contribution in [0.4, 0.5) is 0 Å². The van der Waals surface area contributed by atoms with Gasteiger partial charge in [0.2, 0.25) is 5.91 Å². The van der Waals surface area contributed by atoms with E-state index in [2.05, 4.69) is 11.8 Å². The van der Waals surface area contributed by atoms with E-state index in [9.17, 15) is 4.79 Å². The predicted octanol–water partition coefficient (Wildman–Crippen LogP) is 3.87. The van der Waals surface area contributed by atoms with Crippen molar-refractivity contribution in [3.63, 3.8) is 0 Å². The van der Waals surface area contributed by atoms with E-state index in [0.29, 0.717) is 12.6 Å².